The second-order valence-electron chi connectivity index (χ2n) is 4.41. The van der Waals surface area contributed by atoms with E-state index in [1.165, 1.54) is 0 Å². The minimum atomic E-state index is -0.657. The highest BCUT2D eigenvalue weighted by Gasteiger charge is 2.07. The molecule has 0 heterocycles. The number of hydrogen-bond donors (Lipinski definition) is 2. The van der Waals surface area contributed by atoms with Gasteiger partial charge in [-0.1, -0.05) is 35.3 Å². The van der Waals surface area contributed by atoms with Gasteiger partial charge >= 0.3 is 0 Å². The molecular weight excluding hydrogens is 377 g/mol. The van der Waals surface area contributed by atoms with E-state index >= 15 is 0 Å². The summed E-state index contributed by atoms with van der Waals surface area (Å²) in [5.74, 6) is 0.562. The number of hydrogen-bond acceptors (Lipinski definition) is 3. The lowest BCUT2D eigenvalue weighted by Gasteiger charge is -2.15. The minimum Gasteiger partial charge on any atom is -0.489 e. The van der Waals surface area contributed by atoms with Gasteiger partial charge in [0, 0.05) is 16.7 Å². The zero-order valence-corrected chi connectivity index (χ0v) is 14.1. The molecule has 0 radical (unpaired) electrons. The second kappa shape index (κ2) is 7.90. The van der Waals surface area contributed by atoms with Crippen LogP contribution in [0.1, 0.15) is 0 Å². The molecular formula is C15H14BrCl2NO2. The van der Waals surface area contributed by atoms with Crippen LogP contribution in [-0.2, 0) is 0 Å². The first-order chi connectivity index (χ1) is 10.1. The molecule has 0 aliphatic rings. The maximum absolute atomic E-state index is 9.92. The molecule has 0 spiro atoms. The van der Waals surface area contributed by atoms with Gasteiger partial charge in [-0.3, -0.25) is 0 Å². The molecule has 0 fully saturated rings. The Bertz CT molecular complexity index is 610. The molecule has 2 aromatic rings. The number of para-hydroxylation sites is 1. The predicted octanol–water partition coefficient (Wildman–Crippen LogP) is 4.61. The SMILES string of the molecule is OC(CNc1ccc(Cl)c(Br)c1)COc1ccccc1Cl. The topological polar surface area (TPSA) is 41.5 Å². The van der Waals surface area contributed by atoms with Crippen molar-refractivity contribution in [2.24, 2.45) is 0 Å². The highest BCUT2D eigenvalue weighted by molar-refractivity contribution is 9.10. The van der Waals surface area contributed by atoms with Gasteiger partial charge in [-0.05, 0) is 46.3 Å². The number of ether oxygens (including phenoxy) is 1. The molecule has 0 saturated heterocycles. The van der Waals surface area contributed by atoms with Crippen LogP contribution in [0.2, 0.25) is 10.0 Å². The number of aliphatic hydroxyl groups excluding tert-OH is 1. The van der Waals surface area contributed by atoms with Gasteiger partial charge in [0.25, 0.3) is 0 Å². The number of nitrogens with one attached hydrogen (secondary N) is 1. The number of benzene rings is 2. The van der Waals surface area contributed by atoms with E-state index in [1.807, 2.05) is 24.3 Å². The van der Waals surface area contributed by atoms with Crippen molar-refractivity contribution in [3.8, 4) is 5.75 Å². The van der Waals surface area contributed by atoms with E-state index in [2.05, 4.69) is 21.2 Å². The van der Waals surface area contributed by atoms with Gasteiger partial charge in [0.15, 0.2) is 0 Å². The molecule has 21 heavy (non-hydrogen) atoms. The average molecular weight is 391 g/mol. The van der Waals surface area contributed by atoms with Crippen molar-refractivity contribution >= 4 is 44.8 Å². The van der Waals surface area contributed by atoms with Crippen LogP contribution in [0, 0.1) is 0 Å². The van der Waals surface area contributed by atoms with Crippen LogP contribution < -0.4 is 10.1 Å². The van der Waals surface area contributed by atoms with Crippen LogP contribution in [0.5, 0.6) is 5.75 Å². The molecule has 0 bridgehead atoms. The lowest BCUT2D eigenvalue weighted by molar-refractivity contribution is 0.117. The van der Waals surface area contributed by atoms with Gasteiger partial charge in [0.2, 0.25) is 0 Å². The molecule has 1 unspecified atom stereocenters. The molecule has 6 heteroatoms. The Morgan fingerprint density at radius 1 is 1.14 bits per heavy atom. The molecule has 112 valence electrons. The molecule has 1 atom stereocenters. The van der Waals surface area contributed by atoms with Gasteiger partial charge < -0.3 is 15.2 Å². The van der Waals surface area contributed by atoms with Gasteiger partial charge in [-0.2, -0.15) is 0 Å². The molecule has 0 aliphatic carbocycles. The van der Waals surface area contributed by atoms with E-state index in [0.29, 0.717) is 22.3 Å². The molecule has 0 aromatic heterocycles. The zero-order chi connectivity index (χ0) is 15.2. The van der Waals surface area contributed by atoms with Crippen molar-refractivity contribution in [2.75, 3.05) is 18.5 Å². The Morgan fingerprint density at radius 2 is 1.90 bits per heavy atom. The largest absolute Gasteiger partial charge is 0.489 e. The normalized spacial score (nSPS) is 12.0. The smallest absolute Gasteiger partial charge is 0.138 e. The highest BCUT2D eigenvalue weighted by atomic mass is 79.9. The van der Waals surface area contributed by atoms with Gasteiger partial charge in [-0.25, -0.2) is 0 Å². The third kappa shape index (κ3) is 5.08. The zero-order valence-electron chi connectivity index (χ0n) is 11.0. The summed E-state index contributed by atoms with van der Waals surface area (Å²) in [7, 11) is 0. The Kier molecular flexibility index (Phi) is 6.18. The van der Waals surface area contributed by atoms with Gasteiger partial charge in [-0.15, -0.1) is 0 Å². The van der Waals surface area contributed by atoms with Crippen molar-refractivity contribution < 1.29 is 9.84 Å². The minimum absolute atomic E-state index is 0.158. The summed E-state index contributed by atoms with van der Waals surface area (Å²) in [5, 5.41) is 14.2. The average Bonchev–Trinajstić information content (AvgIpc) is 2.47. The number of halogens is 3. The molecule has 0 amide bonds. The third-order valence-electron chi connectivity index (χ3n) is 2.73. The predicted molar refractivity (Wildman–Crippen MR) is 90.6 cm³/mol. The van der Waals surface area contributed by atoms with Gasteiger partial charge in [0.1, 0.15) is 18.5 Å². The molecule has 2 aromatic carbocycles. The Balaban J connectivity index is 1.81. The first kappa shape index (κ1) is 16.4. The van der Waals surface area contributed by atoms with Crippen LogP contribution in [0.4, 0.5) is 5.69 Å². The summed E-state index contributed by atoms with van der Waals surface area (Å²) < 4.78 is 6.28. The molecule has 2 N–H and O–H groups in total. The fourth-order valence-electron chi connectivity index (χ4n) is 1.65. The first-order valence-electron chi connectivity index (χ1n) is 6.30. The Hall–Kier alpha value is -0.940. The van der Waals surface area contributed by atoms with E-state index < -0.39 is 6.10 Å². The molecule has 2 rings (SSSR count). The van der Waals surface area contributed by atoms with Crippen LogP contribution >= 0.6 is 39.1 Å². The van der Waals surface area contributed by atoms with Crippen LogP contribution in [0.15, 0.2) is 46.9 Å². The van der Waals surface area contributed by atoms with E-state index in [1.54, 1.807) is 18.2 Å². The van der Waals surface area contributed by atoms with E-state index in [9.17, 15) is 5.11 Å². The molecule has 0 aliphatic heterocycles. The maximum atomic E-state index is 9.92. The van der Waals surface area contributed by atoms with E-state index in [4.69, 9.17) is 27.9 Å². The fraction of sp³-hybridized carbons (Fsp3) is 0.200. The van der Waals surface area contributed by atoms with Crippen LogP contribution in [-0.4, -0.2) is 24.4 Å². The fourth-order valence-corrected chi connectivity index (χ4v) is 2.34. The van der Waals surface area contributed by atoms with Crippen LogP contribution in [0.3, 0.4) is 0 Å². The number of anilines is 1. The second-order valence-corrected chi connectivity index (χ2v) is 6.07. The molecule has 3 nitrogen and oxygen atoms in total. The van der Waals surface area contributed by atoms with Crippen molar-refractivity contribution in [1.29, 1.82) is 0 Å². The van der Waals surface area contributed by atoms with E-state index in [0.717, 1.165) is 10.2 Å². The van der Waals surface area contributed by atoms with Gasteiger partial charge in [0.05, 0.1) is 10.0 Å². The Morgan fingerprint density at radius 3 is 2.62 bits per heavy atom. The van der Waals surface area contributed by atoms with Crippen molar-refractivity contribution in [2.45, 2.75) is 6.10 Å². The number of aliphatic hydroxyl groups is 1. The standard InChI is InChI=1S/C15H14BrCl2NO2/c16-12-7-10(5-6-13(12)17)19-8-11(20)9-21-15-4-2-1-3-14(15)18/h1-7,11,19-20H,8-9H2. The lowest BCUT2D eigenvalue weighted by Crippen LogP contribution is -2.26. The summed E-state index contributed by atoms with van der Waals surface area (Å²) in [6, 6.07) is 12.6. The monoisotopic (exact) mass is 389 g/mol. The summed E-state index contributed by atoms with van der Waals surface area (Å²) in [6.07, 6.45) is -0.657. The molecule has 0 saturated carbocycles. The summed E-state index contributed by atoms with van der Waals surface area (Å²) in [4.78, 5) is 0. The summed E-state index contributed by atoms with van der Waals surface area (Å²) in [5.41, 5.74) is 0.864. The Labute approximate surface area is 142 Å². The van der Waals surface area contributed by atoms with Crippen molar-refractivity contribution in [1.82, 2.24) is 0 Å². The summed E-state index contributed by atoms with van der Waals surface area (Å²) >= 11 is 15.2. The third-order valence-corrected chi connectivity index (χ3v) is 4.26. The maximum Gasteiger partial charge on any atom is 0.138 e. The van der Waals surface area contributed by atoms with Crippen molar-refractivity contribution in [3.05, 3.63) is 57.0 Å². The van der Waals surface area contributed by atoms with Crippen LogP contribution in [0.25, 0.3) is 0 Å². The lowest BCUT2D eigenvalue weighted by atomic mass is 10.3. The first-order valence-corrected chi connectivity index (χ1v) is 7.85. The summed E-state index contributed by atoms with van der Waals surface area (Å²) in [6.45, 7) is 0.518. The quantitative estimate of drug-likeness (QED) is 0.756. The van der Waals surface area contributed by atoms with E-state index in [-0.39, 0.29) is 6.61 Å². The number of rotatable bonds is 6. The van der Waals surface area contributed by atoms with Crippen molar-refractivity contribution in [3.63, 3.8) is 0 Å². The highest BCUT2D eigenvalue weighted by Crippen LogP contribution is 2.25.